The molecule has 0 aliphatic heterocycles. The summed E-state index contributed by atoms with van der Waals surface area (Å²) in [5.74, 6) is -0.330. The molecule has 0 unspecified atom stereocenters. The Morgan fingerprint density at radius 1 is 1.07 bits per heavy atom. The standard InChI is InChI=1S/C22H14BrClN2O4/c1-29-19-11-10-15(24)12-17(19)22(28)30-26-20(13-6-8-14(23)9-7-13)25-18-5-3-2-4-16(18)21(26)27/h2-12H,1H3. The molecule has 30 heavy (non-hydrogen) atoms. The molecule has 0 aliphatic carbocycles. The summed E-state index contributed by atoms with van der Waals surface area (Å²) in [6.45, 7) is 0. The predicted octanol–water partition coefficient (Wildman–Crippen LogP) is 4.76. The molecule has 8 heteroatoms. The Balaban J connectivity index is 1.89. The smallest absolute Gasteiger partial charge is 0.367 e. The van der Waals surface area contributed by atoms with Gasteiger partial charge in [-0.3, -0.25) is 4.79 Å². The van der Waals surface area contributed by atoms with Crippen molar-refractivity contribution in [2.24, 2.45) is 0 Å². The minimum absolute atomic E-state index is 0.0896. The number of nitrogens with zero attached hydrogens (tertiary/aromatic N) is 2. The Hall–Kier alpha value is -3.16. The van der Waals surface area contributed by atoms with E-state index in [2.05, 4.69) is 20.9 Å². The largest absolute Gasteiger partial charge is 0.496 e. The predicted molar refractivity (Wildman–Crippen MR) is 118 cm³/mol. The third kappa shape index (κ3) is 3.81. The summed E-state index contributed by atoms with van der Waals surface area (Å²) in [6, 6.07) is 18.6. The summed E-state index contributed by atoms with van der Waals surface area (Å²) in [5, 5.41) is 0.657. The van der Waals surface area contributed by atoms with Gasteiger partial charge in [0, 0.05) is 15.1 Å². The van der Waals surface area contributed by atoms with Crippen molar-refractivity contribution in [2.45, 2.75) is 0 Å². The van der Waals surface area contributed by atoms with E-state index in [0.29, 0.717) is 21.5 Å². The molecule has 0 bridgehead atoms. The van der Waals surface area contributed by atoms with E-state index in [1.54, 1.807) is 48.5 Å². The van der Waals surface area contributed by atoms with Crippen molar-refractivity contribution in [3.8, 4) is 17.1 Å². The number of carbonyl (C=O) groups is 1. The number of hydrogen-bond donors (Lipinski definition) is 0. The minimum Gasteiger partial charge on any atom is -0.496 e. The fraction of sp³-hybridized carbons (Fsp3) is 0.0455. The highest BCUT2D eigenvalue weighted by atomic mass is 79.9. The number of para-hydroxylation sites is 1. The highest BCUT2D eigenvalue weighted by Gasteiger charge is 2.20. The van der Waals surface area contributed by atoms with Gasteiger partial charge >= 0.3 is 5.97 Å². The maximum Gasteiger partial charge on any atom is 0.367 e. The molecule has 0 saturated heterocycles. The number of hydrogen-bond acceptors (Lipinski definition) is 5. The lowest BCUT2D eigenvalue weighted by molar-refractivity contribution is 0.0446. The SMILES string of the molecule is COc1ccc(Cl)cc1C(=O)On1c(-c2ccc(Br)cc2)nc2ccccc2c1=O. The zero-order chi connectivity index (χ0) is 21.3. The van der Waals surface area contributed by atoms with Crippen molar-refractivity contribution in [3.05, 3.63) is 92.1 Å². The van der Waals surface area contributed by atoms with Crippen LogP contribution in [0.1, 0.15) is 10.4 Å². The lowest BCUT2D eigenvalue weighted by Crippen LogP contribution is -2.33. The molecule has 0 saturated carbocycles. The maximum absolute atomic E-state index is 13.2. The van der Waals surface area contributed by atoms with E-state index < -0.39 is 11.5 Å². The average molecular weight is 486 g/mol. The minimum atomic E-state index is -0.799. The first-order valence-corrected chi connectivity index (χ1v) is 9.99. The van der Waals surface area contributed by atoms with Gasteiger partial charge in [-0.05, 0) is 42.5 Å². The second-order valence-electron chi connectivity index (χ2n) is 6.28. The van der Waals surface area contributed by atoms with Gasteiger partial charge in [-0.25, -0.2) is 9.78 Å². The van der Waals surface area contributed by atoms with Gasteiger partial charge in [-0.1, -0.05) is 51.8 Å². The average Bonchev–Trinajstić information content (AvgIpc) is 2.76. The van der Waals surface area contributed by atoms with Crippen LogP contribution in [0.15, 0.2) is 76.0 Å². The first-order chi connectivity index (χ1) is 14.5. The fourth-order valence-corrected chi connectivity index (χ4v) is 3.39. The monoisotopic (exact) mass is 484 g/mol. The quantitative estimate of drug-likeness (QED) is 0.417. The number of ether oxygens (including phenoxy) is 1. The van der Waals surface area contributed by atoms with Gasteiger partial charge in [-0.2, -0.15) is 0 Å². The lowest BCUT2D eigenvalue weighted by Gasteiger charge is -2.14. The van der Waals surface area contributed by atoms with Crippen LogP contribution in [0.3, 0.4) is 0 Å². The van der Waals surface area contributed by atoms with Crippen LogP contribution in [-0.4, -0.2) is 22.8 Å². The van der Waals surface area contributed by atoms with Gasteiger partial charge in [0.25, 0.3) is 5.56 Å². The van der Waals surface area contributed by atoms with Crippen LogP contribution >= 0.6 is 27.5 Å². The zero-order valence-electron chi connectivity index (χ0n) is 15.6. The van der Waals surface area contributed by atoms with E-state index in [1.807, 2.05) is 12.1 Å². The molecule has 150 valence electrons. The van der Waals surface area contributed by atoms with E-state index in [9.17, 15) is 9.59 Å². The highest BCUT2D eigenvalue weighted by Crippen LogP contribution is 2.24. The summed E-state index contributed by atoms with van der Waals surface area (Å²) in [5.41, 5.74) is 0.680. The molecular weight excluding hydrogens is 472 g/mol. The molecule has 6 nitrogen and oxygen atoms in total. The number of rotatable bonds is 4. The summed E-state index contributed by atoms with van der Waals surface area (Å²) in [4.78, 5) is 36.1. The Morgan fingerprint density at radius 3 is 2.53 bits per heavy atom. The van der Waals surface area contributed by atoms with E-state index in [1.165, 1.54) is 13.2 Å². The van der Waals surface area contributed by atoms with E-state index in [0.717, 1.165) is 9.20 Å². The van der Waals surface area contributed by atoms with Crippen molar-refractivity contribution >= 4 is 44.4 Å². The zero-order valence-corrected chi connectivity index (χ0v) is 18.0. The molecule has 0 spiro atoms. The second kappa shape index (κ2) is 8.30. The van der Waals surface area contributed by atoms with Crippen LogP contribution in [-0.2, 0) is 0 Å². The molecule has 0 N–H and O–H groups in total. The molecule has 1 heterocycles. The third-order valence-corrected chi connectivity index (χ3v) is 5.16. The molecule has 0 fully saturated rings. The normalized spacial score (nSPS) is 10.8. The molecule has 4 rings (SSSR count). The van der Waals surface area contributed by atoms with Crippen molar-refractivity contribution in [3.63, 3.8) is 0 Å². The molecule has 0 atom stereocenters. The topological polar surface area (TPSA) is 70.4 Å². The summed E-state index contributed by atoms with van der Waals surface area (Å²) in [6.07, 6.45) is 0. The van der Waals surface area contributed by atoms with Crippen molar-refractivity contribution < 1.29 is 14.4 Å². The van der Waals surface area contributed by atoms with E-state index >= 15 is 0 Å². The van der Waals surface area contributed by atoms with Crippen molar-refractivity contribution in [1.82, 2.24) is 9.71 Å². The van der Waals surface area contributed by atoms with Crippen molar-refractivity contribution in [2.75, 3.05) is 7.11 Å². The van der Waals surface area contributed by atoms with Crippen LogP contribution in [0, 0.1) is 0 Å². The molecular formula is C22H14BrClN2O4. The Bertz CT molecular complexity index is 1320. The Morgan fingerprint density at radius 2 is 1.80 bits per heavy atom. The van der Waals surface area contributed by atoms with E-state index in [4.69, 9.17) is 21.2 Å². The summed E-state index contributed by atoms with van der Waals surface area (Å²) >= 11 is 9.41. The van der Waals surface area contributed by atoms with Crippen molar-refractivity contribution in [1.29, 1.82) is 0 Å². The van der Waals surface area contributed by atoms with Gasteiger partial charge < -0.3 is 9.57 Å². The van der Waals surface area contributed by atoms with Crippen LogP contribution in [0.5, 0.6) is 5.75 Å². The third-order valence-electron chi connectivity index (χ3n) is 4.40. The summed E-state index contributed by atoms with van der Waals surface area (Å²) < 4.78 is 6.98. The summed E-state index contributed by atoms with van der Waals surface area (Å²) in [7, 11) is 1.43. The van der Waals surface area contributed by atoms with Crippen LogP contribution in [0.25, 0.3) is 22.3 Å². The number of methoxy groups -OCH3 is 1. The van der Waals surface area contributed by atoms with E-state index in [-0.39, 0.29) is 17.1 Å². The lowest BCUT2D eigenvalue weighted by atomic mass is 10.2. The second-order valence-corrected chi connectivity index (χ2v) is 7.63. The molecule has 1 aromatic heterocycles. The van der Waals surface area contributed by atoms with Gasteiger partial charge in [0.1, 0.15) is 11.3 Å². The highest BCUT2D eigenvalue weighted by molar-refractivity contribution is 9.10. The van der Waals surface area contributed by atoms with Crippen LogP contribution < -0.4 is 15.1 Å². The van der Waals surface area contributed by atoms with Crippen LogP contribution in [0.2, 0.25) is 5.02 Å². The Kier molecular flexibility index (Phi) is 5.57. The van der Waals surface area contributed by atoms with Gasteiger partial charge in [0.15, 0.2) is 5.82 Å². The number of aromatic nitrogens is 2. The first kappa shape index (κ1) is 20.1. The number of fused-ring (bicyclic) bond motifs is 1. The number of benzene rings is 3. The molecule has 0 amide bonds. The number of carbonyl (C=O) groups excluding carboxylic acids is 1. The van der Waals surface area contributed by atoms with Gasteiger partial charge in [-0.15, -0.1) is 4.73 Å². The first-order valence-electron chi connectivity index (χ1n) is 8.82. The molecule has 3 aromatic carbocycles. The van der Waals surface area contributed by atoms with Gasteiger partial charge in [0.2, 0.25) is 0 Å². The molecule has 4 aromatic rings. The molecule has 0 radical (unpaired) electrons. The number of halogens is 2. The maximum atomic E-state index is 13.2. The molecule has 0 aliphatic rings. The Labute approximate surface area is 184 Å². The fourth-order valence-electron chi connectivity index (χ4n) is 2.95. The van der Waals surface area contributed by atoms with Crippen LogP contribution in [0.4, 0.5) is 0 Å². The van der Waals surface area contributed by atoms with Gasteiger partial charge in [0.05, 0.1) is 18.0 Å².